The third-order valence-corrected chi connectivity index (χ3v) is 5.49. The molecular weight excluding hydrogens is 348 g/mol. The van der Waals surface area contributed by atoms with E-state index in [1.54, 1.807) is 0 Å². The van der Waals surface area contributed by atoms with Crippen LogP contribution < -0.4 is 5.32 Å². The molecule has 134 valence electrons. The normalized spacial score (nSPS) is 15.2. The van der Waals surface area contributed by atoms with Crippen LogP contribution in [0.2, 0.25) is 0 Å². The van der Waals surface area contributed by atoms with Crippen LogP contribution >= 0.6 is 11.3 Å². The first kappa shape index (κ1) is 18.2. The molecule has 26 heavy (non-hydrogen) atoms. The third kappa shape index (κ3) is 3.94. The second-order valence-electron chi connectivity index (χ2n) is 6.55. The van der Waals surface area contributed by atoms with Gasteiger partial charge in [0.2, 0.25) is 0 Å². The van der Waals surface area contributed by atoms with E-state index in [1.165, 1.54) is 11.3 Å². The average Bonchev–Trinajstić information content (AvgIpc) is 3.30. The van der Waals surface area contributed by atoms with Crippen LogP contribution in [0.3, 0.4) is 0 Å². The summed E-state index contributed by atoms with van der Waals surface area (Å²) in [7, 11) is 0. The molecule has 0 saturated heterocycles. The lowest BCUT2D eigenvalue weighted by Crippen LogP contribution is -2.46. The van der Waals surface area contributed by atoms with Crippen LogP contribution in [-0.2, 0) is 9.53 Å². The van der Waals surface area contributed by atoms with E-state index >= 15 is 0 Å². The van der Waals surface area contributed by atoms with Crippen LogP contribution in [0.5, 0.6) is 0 Å². The van der Waals surface area contributed by atoms with Crippen molar-refractivity contribution in [3.63, 3.8) is 0 Å². The highest BCUT2D eigenvalue weighted by Gasteiger charge is 2.35. The molecule has 3 rings (SSSR count). The third-order valence-electron chi connectivity index (χ3n) is 4.60. The van der Waals surface area contributed by atoms with Crippen molar-refractivity contribution in [1.82, 2.24) is 5.32 Å². The zero-order valence-electron chi connectivity index (χ0n) is 14.6. The number of benzene rings is 1. The van der Waals surface area contributed by atoms with Gasteiger partial charge in [0, 0.05) is 5.56 Å². The molecule has 1 aliphatic carbocycles. The number of carbonyl (C=O) groups is 2. The van der Waals surface area contributed by atoms with Crippen molar-refractivity contribution in [2.75, 3.05) is 6.61 Å². The molecule has 1 aliphatic rings. The molecule has 0 unspecified atom stereocenters. The molecule has 1 heterocycles. The number of thiophene rings is 1. The first-order valence-electron chi connectivity index (χ1n) is 8.57. The number of carbonyl (C=O) groups excluding carboxylic acids is 2. The Balaban J connectivity index is 1.63. The Morgan fingerprint density at radius 3 is 2.58 bits per heavy atom. The number of hydrogen-bond donors (Lipinski definition) is 1. The number of rotatable bonds is 5. The highest BCUT2D eigenvalue weighted by atomic mass is 32.1. The first-order chi connectivity index (χ1) is 12.5. The largest absolute Gasteiger partial charge is 0.451 e. The van der Waals surface area contributed by atoms with Crippen LogP contribution in [0.4, 0.5) is 0 Å². The maximum absolute atomic E-state index is 12.4. The van der Waals surface area contributed by atoms with Gasteiger partial charge in [-0.05, 0) is 49.6 Å². The summed E-state index contributed by atoms with van der Waals surface area (Å²) in [5.41, 5.74) is 2.06. The summed E-state index contributed by atoms with van der Waals surface area (Å²) in [5, 5.41) is 13.9. The van der Waals surface area contributed by atoms with Crippen molar-refractivity contribution < 1.29 is 14.3 Å². The maximum Gasteiger partial charge on any atom is 0.349 e. The van der Waals surface area contributed by atoms with Gasteiger partial charge in [-0.2, -0.15) is 5.26 Å². The molecular formula is C20H20N2O3S. The molecule has 1 aromatic heterocycles. The Hall–Kier alpha value is -2.65. The Morgan fingerprint density at radius 2 is 1.92 bits per heavy atom. The van der Waals surface area contributed by atoms with Gasteiger partial charge in [0.05, 0.1) is 6.07 Å². The Bertz CT molecular complexity index is 843. The minimum Gasteiger partial charge on any atom is -0.451 e. The monoisotopic (exact) mass is 368 g/mol. The van der Waals surface area contributed by atoms with Gasteiger partial charge in [-0.1, -0.05) is 29.8 Å². The van der Waals surface area contributed by atoms with Gasteiger partial charge < -0.3 is 10.1 Å². The lowest BCUT2D eigenvalue weighted by Gasteiger charge is -2.21. The van der Waals surface area contributed by atoms with Crippen LogP contribution in [0.15, 0.2) is 35.7 Å². The van der Waals surface area contributed by atoms with Gasteiger partial charge in [0.15, 0.2) is 6.61 Å². The smallest absolute Gasteiger partial charge is 0.349 e. The van der Waals surface area contributed by atoms with E-state index in [4.69, 9.17) is 4.74 Å². The van der Waals surface area contributed by atoms with Crippen LogP contribution in [0.1, 0.15) is 40.9 Å². The maximum atomic E-state index is 12.4. The van der Waals surface area contributed by atoms with E-state index in [0.717, 1.165) is 29.5 Å². The summed E-state index contributed by atoms with van der Waals surface area (Å²) < 4.78 is 5.18. The highest BCUT2D eigenvalue weighted by Crippen LogP contribution is 2.30. The predicted octanol–water partition coefficient (Wildman–Crippen LogP) is 3.83. The predicted molar refractivity (Wildman–Crippen MR) is 99.7 cm³/mol. The molecule has 1 fully saturated rings. The topological polar surface area (TPSA) is 79.2 Å². The Morgan fingerprint density at radius 1 is 1.23 bits per heavy atom. The van der Waals surface area contributed by atoms with E-state index in [1.807, 2.05) is 42.6 Å². The molecule has 0 atom stereocenters. The van der Waals surface area contributed by atoms with Crippen molar-refractivity contribution in [2.45, 2.75) is 38.1 Å². The number of nitriles is 1. The summed E-state index contributed by atoms with van der Waals surface area (Å²) in [5.74, 6) is -0.960. The van der Waals surface area contributed by atoms with Gasteiger partial charge in [-0.3, -0.25) is 4.79 Å². The molecule has 5 nitrogen and oxygen atoms in total. The molecule has 0 bridgehead atoms. The molecule has 2 aromatic rings. The standard InChI is InChI=1S/C20H20N2O3S/c1-14-4-6-15(7-5-14)16-8-11-26-18(16)19(24)25-12-17(23)22-20(13-21)9-2-3-10-20/h4-8,11H,2-3,9-10,12H2,1H3,(H,22,23). The SMILES string of the molecule is Cc1ccc(-c2ccsc2C(=O)OCC(=O)NC2(C#N)CCCC2)cc1. The number of aryl methyl sites for hydroxylation is 1. The lowest BCUT2D eigenvalue weighted by atomic mass is 10.00. The molecule has 1 saturated carbocycles. The van der Waals surface area contributed by atoms with Crippen molar-refractivity contribution in [3.05, 3.63) is 46.2 Å². The zero-order valence-corrected chi connectivity index (χ0v) is 15.4. The molecule has 0 radical (unpaired) electrons. The summed E-state index contributed by atoms with van der Waals surface area (Å²) >= 11 is 1.29. The number of ether oxygens (including phenoxy) is 1. The summed E-state index contributed by atoms with van der Waals surface area (Å²) in [6.07, 6.45) is 3.13. The Labute approximate surface area is 156 Å². The lowest BCUT2D eigenvalue weighted by molar-refractivity contribution is -0.125. The van der Waals surface area contributed by atoms with E-state index in [2.05, 4.69) is 11.4 Å². The van der Waals surface area contributed by atoms with Crippen molar-refractivity contribution in [1.29, 1.82) is 5.26 Å². The van der Waals surface area contributed by atoms with Crippen molar-refractivity contribution in [2.24, 2.45) is 0 Å². The van der Waals surface area contributed by atoms with Crippen LogP contribution in [-0.4, -0.2) is 24.0 Å². The summed E-state index contributed by atoms with van der Waals surface area (Å²) in [4.78, 5) is 25.0. The summed E-state index contributed by atoms with van der Waals surface area (Å²) in [6, 6.07) is 11.9. The zero-order chi connectivity index (χ0) is 18.6. The van der Waals surface area contributed by atoms with Gasteiger partial charge in [-0.15, -0.1) is 11.3 Å². The summed E-state index contributed by atoms with van der Waals surface area (Å²) in [6.45, 7) is 1.62. The van der Waals surface area contributed by atoms with Gasteiger partial charge >= 0.3 is 5.97 Å². The van der Waals surface area contributed by atoms with Crippen molar-refractivity contribution in [3.8, 4) is 17.2 Å². The average molecular weight is 368 g/mol. The second kappa shape index (κ2) is 7.71. The van der Waals surface area contributed by atoms with Crippen molar-refractivity contribution >= 4 is 23.2 Å². The number of amides is 1. The van der Waals surface area contributed by atoms with Gasteiger partial charge in [0.1, 0.15) is 10.4 Å². The van der Waals surface area contributed by atoms with E-state index in [9.17, 15) is 14.9 Å². The number of nitrogens with one attached hydrogen (secondary N) is 1. The molecule has 1 amide bonds. The van der Waals surface area contributed by atoms with Gasteiger partial charge in [0.25, 0.3) is 5.91 Å². The minimum absolute atomic E-state index is 0.381. The van der Waals surface area contributed by atoms with E-state index < -0.39 is 17.4 Å². The van der Waals surface area contributed by atoms with E-state index in [0.29, 0.717) is 17.7 Å². The number of nitrogens with zero attached hydrogens (tertiary/aromatic N) is 1. The first-order valence-corrected chi connectivity index (χ1v) is 9.45. The number of hydrogen-bond acceptors (Lipinski definition) is 5. The van der Waals surface area contributed by atoms with E-state index in [-0.39, 0.29) is 6.61 Å². The molecule has 1 aromatic carbocycles. The van der Waals surface area contributed by atoms with Crippen LogP contribution in [0.25, 0.3) is 11.1 Å². The van der Waals surface area contributed by atoms with Crippen LogP contribution in [0, 0.1) is 18.3 Å². The molecule has 0 spiro atoms. The minimum atomic E-state index is -0.806. The second-order valence-corrected chi connectivity index (χ2v) is 7.47. The quantitative estimate of drug-likeness (QED) is 0.814. The molecule has 6 heteroatoms. The highest BCUT2D eigenvalue weighted by molar-refractivity contribution is 7.12. The Kier molecular flexibility index (Phi) is 5.38. The fraction of sp³-hybridized carbons (Fsp3) is 0.350. The number of esters is 1. The molecule has 0 aliphatic heterocycles. The fourth-order valence-corrected chi connectivity index (χ4v) is 3.98. The fourth-order valence-electron chi connectivity index (χ4n) is 3.17. The molecule has 1 N–H and O–H groups in total. The van der Waals surface area contributed by atoms with Gasteiger partial charge in [-0.25, -0.2) is 4.79 Å².